The van der Waals surface area contributed by atoms with Crippen molar-refractivity contribution in [3.05, 3.63) is 29.3 Å². The summed E-state index contributed by atoms with van der Waals surface area (Å²) in [5, 5.41) is 12.7. The van der Waals surface area contributed by atoms with E-state index in [-0.39, 0.29) is 12.1 Å². The first-order valence-corrected chi connectivity index (χ1v) is 6.08. The molecule has 2 N–H and O–H groups in total. The van der Waals surface area contributed by atoms with Crippen LogP contribution in [0.25, 0.3) is 0 Å². The highest BCUT2D eigenvalue weighted by molar-refractivity contribution is 5.39. The van der Waals surface area contributed by atoms with E-state index in [1.54, 1.807) is 6.92 Å². The number of nitrogens with one attached hydrogen (secondary N) is 1. The van der Waals surface area contributed by atoms with Crippen molar-refractivity contribution in [2.24, 2.45) is 0 Å². The van der Waals surface area contributed by atoms with Crippen LogP contribution >= 0.6 is 0 Å². The standard InChI is InChI=1S/C14H23NO2/c1-9-6-7-14(17-12(4)11(3)16)13(8-9)10(2)15-5/h6-8,10-12,15-16H,1-5H3. The highest BCUT2D eigenvalue weighted by Crippen LogP contribution is 2.27. The molecule has 3 atom stereocenters. The van der Waals surface area contributed by atoms with Crippen LogP contribution in [0.2, 0.25) is 0 Å². The Morgan fingerprint density at radius 1 is 1.24 bits per heavy atom. The van der Waals surface area contributed by atoms with Gasteiger partial charge in [0.1, 0.15) is 11.9 Å². The van der Waals surface area contributed by atoms with Crippen LogP contribution in [0.1, 0.15) is 37.9 Å². The third kappa shape index (κ3) is 3.72. The van der Waals surface area contributed by atoms with Gasteiger partial charge in [0.25, 0.3) is 0 Å². The maximum atomic E-state index is 9.48. The maximum Gasteiger partial charge on any atom is 0.124 e. The molecule has 0 saturated heterocycles. The number of hydrogen-bond donors (Lipinski definition) is 2. The lowest BCUT2D eigenvalue weighted by Crippen LogP contribution is -2.26. The van der Waals surface area contributed by atoms with Crippen LogP contribution in [0.4, 0.5) is 0 Å². The smallest absolute Gasteiger partial charge is 0.124 e. The molecule has 0 radical (unpaired) electrons. The fourth-order valence-electron chi connectivity index (χ4n) is 1.57. The molecule has 1 aromatic rings. The monoisotopic (exact) mass is 237 g/mol. The topological polar surface area (TPSA) is 41.5 Å². The normalized spacial score (nSPS) is 16.4. The van der Waals surface area contributed by atoms with Crippen LogP contribution in [0, 0.1) is 6.92 Å². The molecule has 1 aromatic carbocycles. The highest BCUT2D eigenvalue weighted by atomic mass is 16.5. The van der Waals surface area contributed by atoms with Gasteiger partial charge in [-0.2, -0.15) is 0 Å². The number of aliphatic hydroxyl groups is 1. The van der Waals surface area contributed by atoms with Crippen LogP contribution in [-0.4, -0.2) is 24.4 Å². The first kappa shape index (κ1) is 14.0. The number of hydrogen-bond acceptors (Lipinski definition) is 3. The van der Waals surface area contributed by atoms with Gasteiger partial charge in [0.05, 0.1) is 6.10 Å². The van der Waals surface area contributed by atoms with Crippen molar-refractivity contribution >= 4 is 0 Å². The molecule has 0 bridgehead atoms. The van der Waals surface area contributed by atoms with Crippen molar-refractivity contribution in [3.8, 4) is 5.75 Å². The molecule has 0 aliphatic heterocycles. The lowest BCUT2D eigenvalue weighted by Gasteiger charge is -2.22. The Kier molecular flexibility index (Phi) is 4.97. The Hall–Kier alpha value is -1.06. The predicted molar refractivity (Wildman–Crippen MR) is 70.4 cm³/mol. The second-order valence-corrected chi connectivity index (χ2v) is 4.62. The van der Waals surface area contributed by atoms with Crippen LogP contribution in [0.15, 0.2) is 18.2 Å². The van der Waals surface area contributed by atoms with Crippen molar-refractivity contribution in [1.82, 2.24) is 5.32 Å². The van der Waals surface area contributed by atoms with E-state index in [2.05, 4.69) is 25.2 Å². The lowest BCUT2D eigenvalue weighted by atomic mass is 10.0. The zero-order chi connectivity index (χ0) is 13.0. The quantitative estimate of drug-likeness (QED) is 0.826. The minimum atomic E-state index is -0.478. The zero-order valence-electron chi connectivity index (χ0n) is 11.3. The van der Waals surface area contributed by atoms with Gasteiger partial charge in [-0.05, 0) is 40.8 Å². The van der Waals surface area contributed by atoms with Crippen LogP contribution in [0.5, 0.6) is 5.75 Å². The number of aryl methyl sites for hydroxylation is 1. The van der Waals surface area contributed by atoms with Crippen molar-refractivity contribution in [2.75, 3.05) is 7.05 Å². The number of aliphatic hydroxyl groups excluding tert-OH is 1. The van der Waals surface area contributed by atoms with Crippen LogP contribution in [-0.2, 0) is 0 Å². The van der Waals surface area contributed by atoms with Gasteiger partial charge in [-0.15, -0.1) is 0 Å². The second-order valence-electron chi connectivity index (χ2n) is 4.62. The average Bonchev–Trinajstić information content (AvgIpc) is 2.30. The molecule has 3 unspecified atom stereocenters. The molecule has 3 nitrogen and oxygen atoms in total. The van der Waals surface area contributed by atoms with E-state index in [4.69, 9.17) is 4.74 Å². The van der Waals surface area contributed by atoms with Gasteiger partial charge >= 0.3 is 0 Å². The molecule has 3 heteroatoms. The molecule has 0 saturated carbocycles. The third-order valence-electron chi connectivity index (χ3n) is 3.06. The van der Waals surface area contributed by atoms with E-state index in [9.17, 15) is 5.11 Å². The van der Waals surface area contributed by atoms with E-state index in [1.807, 2.05) is 26.1 Å². The minimum Gasteiger partial charge on any atom is -0.488 e. The second kappa shape index (κ2) is 6.03. The summed E-state index contributed by atoms with van der Waals surface area (Å²) in [4.78, 5) is 0. The van der Waals surface area contributed by atoms with Gasteiger partial charge < -0.3 is 15.2 Å². The van der Waals surface area contributed by atoms with Crippen molar-refractivity contribution in [3.63, 3.8) is 0 Å². The number of benzene rings is 1. The summed E-state index contributed by atoms with van der Waals surface area (Å²) in [6.45, 7) is 7.76. The summed E-state index contributed by atoms with van der Waals surface area (Å²) >= 11 is 0. The predicted octanol–water partition coefficient (Wildman–Crippen LogP) is 2.42. The summed E-state index contributed by atoms with van der Waals surface area (Å²) in [7, 11) is 1.93. The Balaban J connectivity index is 2.98. The molecule has 0 aliphatic rings. The van der Waals surface area contributed by atoms with Crippen LogP contribution in [0.3, 0.4) is 0 Å². The average molecular weight is 237 g/mol. The Morgan fingerprint density at radius 3 is 2.41 bits per heavy atom. The first-order chi connectivity index (χ1) is 7.95. The molecule has 0 heterocycles. The molecule has 17 heavy (non-hydrogen) atoms. The van der Waals surface area contributed by atoms with E-state index in [1.165, 1.54) is 5.56 Å². The molecule has 0 amide bonds. The summed E-state index contributed by atoms with van der Waals surface area (Å²) in [6.07, 6.45) is -0.686. The third-order valence-corrected chi connectivity index (χ3v) is 3.06. The van der Waals surface area contributed by atoms with Gasteiger partial charge in [-0.1, -0.05) is 17.7 Å². The van der Waals surface area contributed by atoms with Gasteiger partial charge in [-0.3, -0.25) is 0 Å². The largest absolute Gasteiger partial charge is 0.488 e. The van der Waals surface area contributed by atoms with Crippen LogP contribution < -0.4 is 10.1 Å². The minimum absolute atomic E-state index is 0.208. The van der Waals surface area contributed by atoms with Gasteiger partial charge in [0.15, 0.2) is 0 Å². The molecular weight excluding hydrogens is 214 g/mol. The van der Waals surface area contributed by atoms with Crippen molar-refractivity contribution in [2.45, 2.75) is 45.9 Å². The fourth-order valence-corrected chi connectivity index (χ4v) is 1.57. The number of ether oxygens (including phenoxy) is 1. The summed E-state index contributed by atoms with van der Waals surface area (Å²) < 4.78 is 5.79. The molecule has 1 rings (SSSR count). The van der Waals surface area contributed by atoms with E-state index in [0.717, 1.165) is 11.3 Å². The highest BCUT2D eigenvalue weighted by Gasteiger charge is 2.15. The summed E-state index contributed by atoms with van der Waals surface area (Å²) in [5.74, 6) is 0.839. The van der Waals surface area contributed by atoms with E-state index in [0.29, 0.717) is 0 Å². The fraction of sp³-hybridized carbons (Fsp3) is 0.571. The Bertz CT molecular complexity index is 363. The summed E-state index contributed by atoms with van der Waals surface area (Å²) in [6, 6.07) is 6.34. The summed E-state index contributed by atoms with van der Waals surface area (Å²) in [5.41, 5.74) is 2.33. The van der Waals surface area contributed by atoms with Crippen molar-refractivity contribution in [1.29, 1.82) is 0 Å². The van der Waals surface area contributed by atoms with Crippen molar-refractivity contribution < 1.29 is 9.84 Å². The first-order valence-electron chi connectivity index (χ1n) is 6.08. The molecular formula is C14H23NO2. The van der Waals surface area contributed by atoms with Gasteiger partial charge in [0.2, 0.25) is 0 Å². The molecule has 0 aromatic heterocycles. The molecule has 0 fully saturated rings. The SMILES string of the molecule is CNC(C)c1cc(C)ccc1OC(C)C(C)O. The number of rotatable bonds is 5. The van der Waals surface area contributed by atoms with E-state index >= 15 is 0 Å². The molecule has 96 valence electrons. The Labute approximate surface area is 104 Å². The molecule has 0 spiro atoms. The maximum absolute atomic E-state index is 9.48. The Morgan fingerprint density at radius 2 is 1.88 bits per heavy atom. The van der Waals surface area contributed by atoms with Gasteiger partial charge in [-0.25, -0.2) is 0 Å². The van der Waals surface area contributed by atoms with E-state index < -0.39 is 6.10 Å². The zero-order valence-corrected chi connectivity index (χ0v) is 11.3. The lowest BCUT2D eigenvalue weighted by molar-refractivity contribution is 0.0595. The van der Waals surface area contributed by atoms with Gasteiger partial charge in [0, 0.05) is 11.6 Å². The molecule has 0 aliphatic carbocycles.